The molecule has 3 aliphatic carbocycles. The molecular formula is C19H18O. The van der Waals surface area contributed by atoms with Crippen LogP contribution in [-0.2, 0) is 10.2 Å². The van der Waals surface area contributed by atoms with E-state index >= 15 is 0 Å². The predicted octanol–water partition coefficient (Wildman–Crippen LogP) is 4.05. The molecule has 1 nitrogen and oxygen atoms in total. The zero-order valence-corrected chi connectivity index (χ0v) is 11.9. The average molecular weight is 262 g/mol. The Morgan fingerprint density at radius 1 is 0.950 bits per heavy atom. The number of hydrogen-bond acceptors (Lipinski definition) is 1. The van der Waals surface area contributed by atoms with E-state index in [-0.39, 0.29) is 10.8 Å². The lowest BCUT2D eigenvalue weighted by Gasteiger charge is -2.56. The van der Waals surface area contributed by atoms with Crippen LogP contribution in [0.3, 0.4) is 0 Å². The second-order valence-electron chi connectivity index (χ2n) is 6.59. The number of carbonyl (C=O) groups excluding carboxylic acids is 1. The van der Waals surface area contributed by atoms with Crippen LogP contribution in [0.15, 0.2) is 48.5 Å². The summed E-state index contributed by atoms with van der Waals surface area (Å²) in [5.74, 6) is 0.361. The second-order valence-corrected chi connectivity index (χ2v) is 6.59. The quantitative estimate of drug-likeness (QED) is 0.709. The molecule has 0 spiro atoms. The molecule has 0 saturated heterocycles. The van der Waals surface area contributed by atoms with Crippen molar-refractivity contribution in [1.29, 1.82) is 0 Å². The van der Waals surface area contributed by atoms with Gasteiger partial charge in [-0.2, -0.15) is 0 Å². The number of aldehydes is 1. The highest BCUT2D eigenvalue weighted by Crippen LogP contribution is 2.63. The Labute approximate surface area is 119 Å². The maximum absolute atomic E-state index is 11.9. The van der Waals surface area contributed by atoms with Gasteiger partial charge < -0.3 is 4.79 Å². The first kappa shape index (κ1) is 11.9. The highest BCUT2D eigenvalue weighted by molar-refractivity contribution is 5.73. The van der Waals surface area contributed by atoms with Gasteiger partial charge in [-0.15, -0.1) is 0 Å². The lowest BCUT2D eigenvalue weighted by molar-refractivity contribution is -0.119. The maximum Gasteiger partial charge on any atom is 0.127 e. The minimum Gasteiger partial charge on any atom is -0.303 e. The van der Waals surface area contributed by atoms with Crippen molar-refractivity contribution >= 4 is 6.29 Å². The molecule has 0 N–H and O–H groups in total. The van der Waals surface area contributed by atoms with Crippen molar-refractivity contribution in [2.45, 2.75) is 31.6 Å². The molecular weight excluding hydrogens is 244 g/mol. The van der Waals surface area contributed by atoms with E-state index in [1.807, 2.05) is 0 Å². The summed E-state index contributed by atoms with van der Waals surface area (Å²) < 4.78 is 0. The lowest BCUT2D eigenvalue weighted by atomic mass is 9.45. The van der Waals surface area contributed by atoms with Crippen LogP contribution in [0.4, 0.5) is 0 Å². The molecule has 2 aromatic carbocycles. The molecule has 5 rings (SSSR count). The average Bonchev–Trinajstić information content (AvgIpc) is 2.50. The molecule has 3 aliphatic rings. The first-order valence-electron chi connectivity index (χ1n) is 7.27. The van der Waals surface area contributed by atoms with Gasteiger partial charge in [-0.25, -0.2) is 0 Å². The molecule has 0 fully saturated rings. The fourth-order valence-electron chi connectivity index (χ4n) is 4.45. The van der Waals surface area contributed by atoms with E-state index < -0.39 is 0 Å². The smallest absolute Gasteiger partial charge is 0.127 e. The highest BCUT2D eigenvalue weighted by atomic mass is 16.1. The van der Waals surface area contributed by atoms with Gasteiger partial charge in [0, 0.05) is 16.7 Å². The van der Waals surface area contributed by atoms with Crippen molar-refractivity contribution in [1.82, 2.24) is 0 Å². The Morgan fingerprint density at radius 3 is 1.95 bits per heavy atom. The van der Waals surface area contributed by atoms with Gasteiger partial charge in [0.2, 0.25) is 0 Å². The van der Waals surface area contributed by atoms with E-state index in [0.717, 1.165) is 6.42 Å². The Kier molecular flexibility index (Phi) is 2.14. The van der Waals surface area contributed by atoms with Gasteiger partial charge >= 0.3 is 0 Å². The predicted molar refractivity (Wildman–Crippen MR) is 80.0 cm³/mol. The highest BCUT2D eigenvalue weighted by Gasteiger charge is 2.57. The van der Waals surface area contributed by atoms with Crippen molar-refractivity contribution in [2.24, 2.45) is 5.41 Å². The van der Waals surface area contributed by atoms with E-state index in [2.05, 4.69) is 62.4 Å². The third kappa shape index (κ3) is 1.13. The van der Waals surface area contributed by atoms with E-state index in [1.165, 1.54) is 28.5 Å². The van der Waals surface area contributed by atoms with E-state index in [1.54, 1.807) is 0 Å². The van der Waals surface area contributed by atoms with E-state index in [9.17, 15) is 4.79 Å². The molecule has 2 bridgehead atoms. The summed E-state index contributed by atoms with van der Waals surface area (Å²) >= 11 is 0. The van der Waals surface area contributed by atoms with Crippen molar-refractivity contribution in [3.8, 4) is 0 Å². The van der Waals surface area contributed by atoms with Gasteiger partial charge in [0.25, 0.3) is 0 Å². The monoisotopic (exact) mass is 262 g/mol. The summed E-state index contributed by atoms with van der Waals surface area (Å²) in [6, 6.07) is 17.3. The molecule has 1 heteroatoms. The largest absolute Gasteiger partial charge is 0.303 e. The van der Waals surface area contributed by atoms with E-state index in [4.69, 9.17) is 0 Å². The van der Waals surface area contributed by atoms with Gasteiger partial charge in [-0.05, 0) is 28.7 Å². The number of hydrogen-bond donors (Lipinski definition) is 0. The molecule has 2 aromatic rings. The number of fused-ring (bicyclic) bond motifs is 1. The Bertz CT molecular complexity index is 668. The third-order valence-corrected chi connectivity index (χ3v) is 5.78. The number of benzene rings is 2. The molecule has 0 unspecified atom stereocenters. The van der Waals surface area contributed by atoms with Crippen LogP contribution in [-0.4, -0.2) is 6.29 Å². The summed E-state index contributed by atoms with van der Waals surface area (Å²) in [6.07, 6.45) is 2.10. The fraction of sp³-hybridized carbons (Fsp3) is 0.316. The van der Waals surface area contributed by atoms with Gasteiger partial charge in [-0.1, -0.05) is 62.4 Å². The summed E-state index contributed by atoms with van der Waals surface area (Å²) in [5.41, 5.74) is 4.96. The number of rotatable bonds is 1. The van der Waals surface area contributed by atoms with Crippen molar-refractivity contribution in [2.75, 3.05) is 0 Å². The molecule has 0 amide bonds. The zero-order valence-electron chi connectivity index (χ0n) is 11.9. The zero-order chi connectivity index (χ0) is 14.0. The molecule has 0 heterocycles. The molecule has 0 saturated carbocycles. The molecule has 20 heavy (non-hydrogen) atoms. The fourth-order valence-corrected chi connectivity index (χ4v) is 4.45. The van der Waals surface area contributed by atoms with Crippen LogP contribution < -0.4 is 0 Å². The Balaban J connectivity index is 2.14. The van der Waals surface area contributed by atoms with Gasteiger partial charge in [0.05, 0.1) is 0 Å². The first-order valence-corrected chi connectivity index (χ1v) is 7.27. The van der Waals surface area contributed by atoms with Gasteiger partial charge in [0.1, 0.15) is 6.29 Å². The van der Waals surface area contributed by atoms with Gasteiger partial charge in [-0.3, -0.25) is 0 Å². The van der Waals surface area contributed by atoms with Crippen LogP contribution in [0.2, 0.25) is 0 Å². The molecule has 0 radical (unpaired) electrons. The van der Waals surface area contributed by atoms with Gasteiger partial charge in [0.15, 0.2) is 0 Å². The standard InChI is InChI=1S/C19H18O/c1-18(12-20)11-15-13-7-3-5-9-16(13)19(18,2)17-10-6-4-8-14(15)17/h3-10,12,15H,11H2,1-2H3/t15?,18-,19?/m1/s1. The minimum absolute atomic E-state index is 0.212. The summed E-state index contributed by atoms with van der Waals surface area (Å²) in [5, 5.41) is 0. The van der Waals surface area contributed by atoms with Crippen LogP contribution in [0.5, 0.6) is 0 Å². The second kappa shape index (κ2) is 3.60. The third-order valence-electron chi connectivity index (χ3n) is 5.78. The SMILES string of the molecule is CC12c3ccccc3C(C[C@]1(C)C=O)c1ccccc12. The number of carbonyl (C=O) groups is 1. The Hall–Kier alpha value is -1.89. The van der Waals surface area contributed by atoms with Crippen LogP contribution in [0, 0.1) is 5.41 Å². The minimum atomic E-state index is -0.319. The molecule has 0 aliphatic heterocycles. The van der Waals surface area contributed by atoms with Crippen LogP contribution in [0.25, 0.3) is 0 Å². The normalized spacial score (nSPS) is 33.4. The Morgan fingerprint density at radius 2 is 1.45 bits per heavy atom. The molecule has 0 aromatic heterocycles. The van der Waals surface area contributed by atoms with Crippen LogP contribution in [0.1, 0.15) is 48.4 Å². The first-order chi connectivity index (χ1) is 9.62. The summed E-state index contributed by atoms with van der Waals surface area (Å²) in [7, 11) is 0. The topological polar surface area (TPSA) is 17.1 Å². The maximum atomic E-state index is 11.9. The summed E-state index contributed by atoms with van der Waals surface area (Å²) in [4.78, 5) is 11.9. The lowest BCUT2D eigenvalue weighted by Crippen LogP contribution is -2.52. The van der Waals surface area contributed by atoms with E-state index in [0.29, 0.717) is 5.92 Å². The molecule has 1 atom stereocenters. The van der Waals surface area contributed by atoms with Crippen molar-refractivity contribution in [3.63, 3.8) is 0 Å². The van der Waals surface area contributed by atoms with Crippen molar-refractivity contribution < 1.29 is 4.79 Å². The van der Waals surface area contributed by atoms with Crippen LogP contribution >= 0.6 is 0 Å². The summed E-state index contributed by atoms with van der Waals surface area (Å²) in [6.45, 7) is 4.37. The molecule has 100 valence electrons. The van der Waals surface area contributed by atoms with Crippen molar-refractivity contribution in [3.05, 3.63) is 70.8 Å².